The van der Waals surface area contributed by atoms with Gasteiger partial charge in [0.05, 0.1) is 6.04 Å². The molecule has 1 unspecified atom stereocenters. The Morgan fingerprint density at radius 1 is 1.14 bits per heavy atom. The van der Waals surface area contributed by atoms with E-state index in [2.05, 4.69) is 0 Å². The van der Waals surface area contributed by atoms with Crippen molar-refractivity contribution in [2.24, 2.45) is 0 Å². The van der Waals surface area contributed by atoms with Crippen molar-refractivity contribution >= 4 is 16.9 Å². The van der Waals surface area contributed by atoms with Gasteiger partial charge in [0.25, 0.3) is 5.91 Å². The van der Waals surface area contributed by atoms with E-state index >= 15 is 0 Å². The lowest BCUT2D eigenvalue weighted by Crippen LogP contribution is -2.29. The molecule has 0 saturated heterocycles. The fourth-order valence-electron chi connectivity index (χ4n) is 2.30. The molecule has 4 nitrogen and oxygen atoms in total. The maximum atomic E-state index is 12.4. The molecule has 4 heteroatoms. The standard InChI is InChI=1S/C17H17NO3/c1-11-8-9-15(20-11)17(19)18(3)12(2)16-10-13-6-4-5-7-14(13)21-16/h4-10,12H,1-3H3. The van der Waals surface area contributed by atoms with Gasteiger partial charge in [-0.2, -0.15) is 0 Å². The molecule has 0 bridgehead atoms. The molecular weight excluding hydrogens is 266 g/mol. The van der Waals surface area contributed by atoms with Gasteiger partial charge >= 0.3 is 0 Å². The molecule has 0 aliphatic heterocycles. The van der Waals surface area contributed by atoms with Gasteiger partial charge in [-0.3, -0.25) is 4.79 Å². The summed E-state index contributed by atoms with van der Waals surface area (Å²) in [5, 5.41) is 1.04. The van der Waals surface area contributed by atoms with E-state index in [-0.39, 0.29) is 11.9 Å². The Labute approximate surface area is 123 Å². The highest BCUT2D eigenvalue weighted by molar-refractivity contribution is 5.91. The van der Waals surface area contributed by atoms with Gasteiger partial charge in [0.2, 0.25) is 0 Å². The van der Waals surface area contributed by atoms with Crippen LogP contribution in [0.4, 0.5) is 0 Å². The number of para-hydroxylation sites is 1. The largest absolute Gasteiger partial charge is 0.459 e. The monoisotopic (exact) mass is 283 g/mol. The van der Waals surface area contributed by atoms with Crippen molar-refractivity contribution in [2.75, 3.05) is 7.05 Å². The van der Waals surface area contributed by atoms with Gasteiger partial charge in [0.15, 0.2) is 5.76 Å². The van der Waals surface area contributed by atoms with Crippen LogP contribution in [-0.2, 0) is 0 Å². The molecule has 0 aliphatic carbocycles. The summed E-state index contributed by atoms with van der Waals surface area (Å²) in [5.41, 5.74) is 0.828. The van der Waals surface area contributed by atoms with Gasteiger partial charge in [-0.15, -0.1) is 0 Å². The molecule has 2 aromatic heterocycles. The van der Waals surface area contributed by atoms with E-state index in [0.717, 1.165) is 22.5 Å². The maximum absolute atomic E-state index is 12.4. The summed E-state index contributed by atoms with van der Waals surface area (Å²) >= 11 is 0. The van der Waals surface area contributed by atoms with Gasteiger partial charge in [-0.25, -0.2) is 0 Å². The fourth-order valence-corrected chi connectivity index (χ4v) is 2.30. The third kappa shape index (κ3) is 2.44. The van der Waals surface area contributed by atoms with Crippen LogP contribution in [0.15, 0.2) is 51.3 Å². The number of rotatable bonds is 3. The molecule has 1 aromatic carbocycles. The smallest absolute Gasteiger partial charge is 0.289 e. The van der Waals surface area contributed by atoms with Crippen molar-refractivity contribution < 1.29 is 13.6 Å². The van der Waals surface area contributed by atoms with E-state index in [1.165, 1.54) is 0 Å². The number of hydrogen-bond acceptors (Lipinski definition) is 3. The van der Waals surface area contributed by atoms with E-state index in [0.29, 0.717) is 5.76 Å². The molecule has 0 N–H and O–H groups in total. The van der Waals surface area contributed by atoms with Gasteiger partial charge in [0, 0.05) is 12.4 Å². The van der Waals surface area contributed by atoms with E-state index in [4.69, 9.17) is 8.83 Å². The molecule has 0 radical (unpaired) electrons. The second kappa shape index (κ2) is 5.13. The zero-order valence-corrected chi connectivity index (χ0v) is 12.3. The molecule has 3 aromatic rings. The first-order chi connectivity index (χ1) is 10.1. The summed E-state index contributed by atoms with van der Waals surface area (Å²) in [6.07, 6.45) is 0. The average molecular weight is 283 g/mol. The molecule has 0 aliphatic rings. The molecule has 0 spiro atoms. The second-order valence-corrected chi connectivity index (χ2v) is 5.19. The highest BCUT2D eigenvalue weighted by Gasteiger charge is 2.23. The third-order valence-electron chi connectivity index (χ3n) is 3.71. The Morgan fingerprint density at radius 3 is 2.57 bits per heavy atom. The summed E-state index contributed by atoms with van der Waals surface area (Å²) < 4.78 is 11.2. The Morgan fingerprint density at radius 2 is 1.90 bits per heavy atom. The van der Waals surface area contributed by atoms with Gasteiger partial charge in [-0.05, 0) is 38.1 Å². The van der Waals surface area contributed by atoms with Crippen LogP contribution in [0, 0.1) is 6.92 Å². The third-order valence-corrected chi connectivity index (χ3v) is 3.71. The van der Waals surface area contributed by atoms with Crippen LogP contribution >= 0.6 is 0 Å². The highest BCUT2D eigenvalue weighted by Crippen LogP contribution is 2.27. The van der Waals surface area contributed by atoms with Gasteiger partial charge in [0.1, 0.15) is 17.1 Å². The molecule has 0 fully saturated rings. The van der Waals surface area contributed by atoms with Crippen LogP contribution in [0.5, 0.6) is 0 Å². The van der Waals surface area contributed by atoms with Crippen LogP contribution in [0.2, 0.25) is 0 Å². The Kier molecular flexibility index (Phi) is 3.29. The predicted octanol–water partition coefficient (Wildman–Crippen LogP) is 4.17. The molecule has 2 heterocycles. The SMILES string of the molecule is Cc1ccc(C(=O)N(C)C(C)c2cc3ccccc3o2)o1. The van der Waals surface area contributed by atoms with E-state index in [9.17, 15) is 4.79 Å². The van der Waals surface area contributed by atoms with Crippen molar-refractivity contribution in [2.45, 2.75) is 19.9 Å². The number of carbonyl (C=O) groups excluding carboxylic acids is 1. The summed E-state index contributed by atoms with van der Waals surface area (Å²) in [6, 6.07) is 13.1. The van der Waals surface area contributed by atoms with Gasteiger partial charge in [-0.1, -0.05) is 18.2 Å². The fraction of sp³-hybridized carbons (Fsp3) is 0.235. The topological polar surface area (TPSA) is 46.6 Å². The molecular formula is C17H17NO3. The maximum Gasteiger partial charge on any atom is 0.289 e. The van der Waals surface area contributed by atoms with Crippen LogP contribution in [0.1, 0.15) is 35.0 Å². The summed E-state index contributed by atoms with van der Waals surface area (Å²) in [5.74, 6) is 1.67. The second-order valence-electron chi connectivity index (χ2n) is 5.19. The van der Waals surface area contributed by atoms with Crippen LogP contribution in [0.25, 0.3) is 11.0 Å². The van der Waals surface area contributed by atoms with Crippen molar-refractivity contribution in [3.8, 4) is 0 Å². The molecule has 1 amide bonds. The lowest BCUT2D eigenvalue weighted by atomic mass is 10.2. The van der Waals surface area contributed by atoms with Crippen LogP contribution in [-0.4, -0.2) is 17.9 Å². The van der Waals surface area contributed by atoms with E-state index in [1.54, 1.807) is 24.1 Å². The Hall–Kier alpha value is -2.49. The first-order valence-corrected chi connectivity index (χ1v) is 6.88. The first kappa shape index (κ1) is 13.5. The highest BCUT2D eigenvalue weighted by atomic mass is 16.4. The zero-order chi connectivity index (χ0) is 15.0. The zero-order valence-electron chi connectivity index (χ0n) is 12.3. The summed E-state index contributed by atoms with van der Waals surface area (Å²) in [4.78, 5) is 14.0. The Bertz CT molecular complexity index is 751. The number of carbonyl (C=O) groups is 1. The molecule has 0 saturated carbocycles. The molecule has 3 rings (SSSR count). The molecule has 21 heavy (non-hydrogen) atoms. The van der Waals surface area contributed by atoms with E-state index < -0.39 is 0 Å². The normalized spacial score (nSPS) is 12.5. The van der Waals surface area contributed by atoms with E-state index in [1.807, 2.05) is 44.2 Å². The van der Waals surface area contributed by atoms with Gasteiger partial charge < -0.3 is 13.7 Å². The summed E-state index contributed by atoms with van der Waals surface area (Å²) in [6.45, 7) is 3.75. The number of hydrogen-bond donors (Lipinski definition) is 0. The molecule has 1 atom stereocenters. The first-order valence-electron chi connectivity index (χ1n) is 6.88. The number of aryl methyl sites for hydroxylation is 1. The number of furan rings is 2. The minimum atomic E-state index is -0.171. The number of benzene rings is 1. The minimum absolute atomic E-state index is 0.156. The average Bonchev–Trinajstić information content (AvgIpc) is 3.10. The molecule has 108 valence electrons. The number of amides is 1. The predicted molar refractivity (Wildman–Crippen MR) is 80.2 cm³/mol. The van der Waals surface area contributed by atoms with Crippen molar-refractivity contribution in [3.05, 3.63) is 59.7 Å². The van der Waals surface area contributed by atoms with Crippen molar-refractivity contribution in [3.63, 3.8) is 0 Å². The number of fused-ring (bicyclic) bond motifs is 1. The van der Waals surface area contributed by atoms with Crippen LogP contribution in [0.3, 0.4) is 0 Å². The van der Waals surface area contributed by atoms with Crippen molar-refractivity contribution in [1.82, 2.24) is 4.90 Å². The summed E-state index contributed by atoms with van der Waals surface area (Å²) in [7, 11) is 1.75. The van der Waals surface area contributed by atoms with Crippen LogP contribution < -0.4 is 0 Å². The number of nitrogens with zero attached hydrogens (tertiary/aromatic N) is 1. The lowest BCUT2D eigenvalue weighted by Gasteiger charge is -2.22. The lowest BCUT2D eigenvalue weighted by molar-refractivity contribution is 0.0694. The quantitative estimate of drug-likeness (QED) is 0.724. The minimum Gasteiger partial charge on any atom is -0.459 e. The van der Waals surface area contributed by atoms with Crippen molar-refractivity contribution in [1.29, 1.82) is 0 Å². The Balaban J connectivity index is 1.86.